The highest BCUT2D eigenvalue weighted by atomic mass is 15.2. The highest BCUT2D eigenvalue weighted by Gasteiger charge is 2.12. The molecule has 0 bridgehead atoms. The van der Waals surface area contributed by atoms with Crippen molar-refractivity contribution >= 4 is 0 Å². The fourth-order valence-electron chi connectivity index (χ4n) is 1.14. The van der Waals surface area contributed by atoms with Gasteiger partial charge in [0.1, 0.15) is 5.82 Å². The molecule has 0 aromatic carbocycles. The Labute approximate surface area is 72.6 Å². The Morgan fingerprint density at radius 3 is 2.58 bits per heavy atom. The molecule has 0 spiro atoms. The number of hydrogen-bond acceptors (Lipinski definition) is 3. The molecule has 4 heteroatoms. The summed E-state index contributed by atoms with van der Waals surface area (Å²) in [6.45, 7) is 6.15. The predicted octanol–water partition coefficient (Wildman–Crippen LogP) is 1.16. The summed E-state index contributed by atoms with van der Waals surface area (Å²) in [6.07, 6.45) is 0.928. The quantitative estimate of drug-likeness (QED) is 0.711. The summed E-state index contributed by atoms with van der Waals surface area (Å²) in [5.41, 5.74) is 5.86. The summed E-state index contributed by atoms with van der Waals surface area (Å²) in [5.74, 6) is 2.13. The molecule has 1 atom stereocenters. The molecule has 0 aliphatic heterocycles. The zero-order valence-electron chi connectivity index (χ0n) is 7.83. The number of aromatic nitrogens is 3. The van der Waals surface area contributed by atoms with Crippen LogP contribution in [0.1, 0.15) is 38.0 Å². The van der Waals surface area contributed by atoms with Gasteiger partial charge in [0.2, 0.25) is 0 Å². The molecule has 1 aromatic rings. The molecule has 1 aromatic heterocycles. The van der Waals surface area contributed by atoms with E-state index in [4.69, 9.17) is 5.73 Å². The number of nitrogens with two attached hydrogens (primary N) is 1. The maximum absolute atomic E-state index is 5.86. The molecule has 0 saturated heterocycles. The second-order valence-corrected chi connectivity index (χ2v) is 3.52. The van der Waals surface area contributed by atoms with Gasteiger partial charge in [0.15, 0.2) is 5.82 Å². The van der Waals surface area contributed by atoms with E-state index < -0.39 is 0 Å². The molecule has 0 aliphatic carbocycles. The average Bonchev–Trinajstić information content (AvgIpc) is 2.34. The van der Waals surface area contributed by atoms with E-state index in [1.807, 2.05) is 6.92 Å². The van der Waals surface area contributed by atoms with Gasteiger partial charge in [-0.2, -0.15) is 5.10 Å². The SMILES string of the molecule is Cc1nc([C@H](N)CC(C)C)n[nH]1. The van der Waals surface area contributed by atoms with E-state index in [0.29, 0.717) is 5.92 Å². The van der Waals surface area contributed by atoms with Crippen molar-refractivity contribution in [1.29, 1.82) is 0 Å². The number of nitrogens with zero attached hydrogens (tertiary/aromatic N) is 2. The number of rotatable bonds is 3. The Kier molecular flexibility index (Phi) is 2.81. The van der Waals surface area contributed by atoms with E-state index >= 15 is 0 Å². The number of H-pyrrole nitrogens is 1. The van der Waals surface area contributed by atoms with E-state index in [9.17, 15) is 0 Å². The normalized spacial score (nSPS) is 13.8. The maximum atomic E-state index is 5.86. The summed E-state index contributed by atoms with van der Waals surface area (Å²) in [5, 5.41) is 6.79. The smallest absolute Gasteiger partial charge is 0.167 e. The Bertz CT molecular complexity index is 241. The van der Waals surface area contributed by atoms with Crippen molar-refractivity contribution in [2.45, 2.75) is 33.2 Å². The van der Waals surface area contributed by atoms with Crippen LogP contribution < -0.4 is 5.73 Å². The fraction of sp³-hybridized carbons (Fsp3) is 0.750. The van der Waals surface area contributed by atoms with Gasteiger partial charge >= 0.3 is 0 Å². The molecule has 12 heavy (non-hydrogen) atoms. The van der Waals surface area contributed by atoms with Gasteiger partial charge in [-0.1, -0.05) is 13.8 Å². The molecule has 0 aliphatic rings. The minimum absolute atomic E-state index is 0.0325. The van der Waals surface area contributed by atoms with Crippen LogP contribution in [0.5, 0.6) is 0 Å². The summed E-state index contributed by atoms with van der Waals surface area (Å²) >= 11 is 0. The summed E-state index contributed by atoms with van der Waals surface area (Å²) in [6, 6.07) is -0.0325. The Balaban J connectivity index is 2.58. The van der Waals surface area contributed by atoms with Crippen LogP contribution in [0.25, 0.3) is 0 Å². The zero-order chi connectivity index (χ0) is 9.14. The number of hydrogen-bond donors (Lipinski definition) is 2. The first-order chi connectivity index (χ1) is 5.59. The molecule has 0 amide bonds. The molecular formula is C8H16N4. The molecule has 0 saturated carbocycles. The number of aromatic amines is 1. The lowest BCUT2D eigenvalue weighted by atomic mass is 10.0. The highest BCUT2D eigenvalue weighted by molar-refractivity contribution is 4.94. The van der Waals surface area contributed by atoms with Crippen LogP contribution in [0.4, 0.5) is 0 Å². The molecule has 0 unspecified atom stereocenters. The van der Waals surface area contributed by atoms with Gasteiger partial charge in [-0.25, -0.2) is 4.98 Å². The predicted molar refractivity (Wildman–Crippen MR) is 47.5 cm³/mol. The first-order valence-electron chi connectivity index (χ1n) is 4.24. The second-order valence-electron chi connectivity index (χ2n) is 3.52. The van der Waals surface area contributed by atoms with Crippen LogP contribution in [0.3, 0.4) is 0 Å². The van der Waals surface area contributed by atoms with Crippen LogP contribution in [0.15, 0.2) is 0 Å². The van der Waals surface area contributed by atoms with Gasteiger partial charge in [-0.05, 0) is 19.3 Å². The van der Waals surface area contributed by atoms with Crippen LogP contribution >= 0.6 is 0 Å². The van der Waals surface area contributed by atoms with Gasteiger partial charge in [0, 0.05) is 0 Å². The van der Waals surface area contributed by atoms with Crippen LogP contribution in [-0.2, 0) is 0 Å². The van der Waals surface area contributed by atoms with E-state index in [2.05, 4.69) is 29.0 Å². The van der Waals surface area contributed by atoms with Crippen molar-refractivity contribution < 1.29 is 0 Å². The van der Waals surface area contributed by atoms with Gasteiger partial charge in [-0.3, -0.25) is 5.10 Å². The molecule has 1 rings (SSSR count). The van der Waals surface area contributed by atoms with E-state index in [-0.39, 0.29) is 6.04 Å². The molecule has 3 N–H and O–H groups in total. The Morgan fingerprint density at radius 2 is 2.17 bits per heavy atom. The average molecular weight is 168 g/mol. The molecule has 4 nitrogen and oxygen atoms in total. The van der Waals surface area contributed by atoms with Gasteiger partial charge < -0.3 is 5.73 Å². The number of aryl methyl sites for hydroxylation is 1. The van der Waals surface area contributed by atoms with E-state index in [0.717, 1.165) is 18.1 Å². The third-order valence-corrected chi connectivity index (χ3v) is 1.67. The standard InChI is InChI=1S/C8H16N4/c1-5(2)4-7(9)8-10-6(3)11-12-8/h5,7H,4,9H2,1-3H3,(H,10,11,12)/t7-/m1/s1. The van der Waals surface area contributed by atoms with Crippen molar-refractivity contribution in [3.8, 4) is 0 Å². The van der Waals surface area contributed by atoms with Crippen LogP contribution in [0.2, 0.25) is 0 Å². The lowest BCUT2D eigenvalue weighted by Crippen LogP contribution is -2.14. The highest BCUT2D eigenvalue weighted by Crippen LogP contribution is 2.14. The molecule has 0 radical (unpaired) electrons. The van der Waals surface area contributed by atoms with Gasteiger partial charge in [0.05, 0.1) is 6.04 Å². The monoisotopic (exact) mass is 168 g/mol. The minimum Gasteiger partial charge on any atom is -0.321 e. The fourth-order valence-corrected chi connectivity index (χ4v) is 1.14. The third kappa shape index (κ3) is 2.30. The minimum atomic E-state index is -0.0325. The summed E-state index contributed by atoms with van der Waals surface area (Å²) in [7, 11) is 0. The maximum Gasteiger partial charge on any atom is 0.167 e. The Morgan fingerprint density at radius 1 is 1.50 bits per heavy atom. The van der Waals surface area contributed by atoms with Crippen LogP contribution in [0, 0.1) is 12.8 Å². The first-order valence-corrected chi connectivity index (χ1v) is 4.24. The van der Waals surface area contributed by atoms with Crippen LogP contribution in [-0.4, -0.2) is 15.2 Å². The lowest BCUT2D eigenvalue weighted by molar-refractivity contribution is 0.494. The van der Waals surface area contributed by atoms with Gasteiger partial charge in [0.25, 0.3) is 0 Å². The topological polar surface area (TPSA) is 67.6 Å². The zero-order valence-corrected chi connectivity index (χ0v) is 7.83. The summed E-state index contributed by atoms with van der Waals surface area (Å²) in [4.78, 5) is 4.17. The Hall–Kier alpha value is -0.900. The van der Waals surface area contributed by atoms with E-state index in [1.165, 1.54) is 0 Å². The molecular weight excluding hydrogens is 152 g/mol. The first kappa shape index (κ1) is 9.19. The second kappa shape index (κ2) is 3.67. The van der Waals surface area contributed by atoms with Crippen molar-refractivity contribution in [3.63, 3.8) is 0 Å². The number of nitrogens with one attached hydrogen (secondary N) is 1. The van der Waals surface area contributed by atoms with Crippen molar-refractivity contribution in [2.75, 3.05) is 0 Å². The lowest BCUT2D eigenvalue weighted by Gasteiger charge is -2.09. The molecule has 1 heterocycles. The largest absolute Gasteiger partial charge is 0.321 e. The third-order valence-electron chi connectivity index (χ3n) is 1.67. The van der Waals surface area contributed by atoms with Crippen molar-refractivity contribution in [2.24, 2.45) is 11.7 Å². The van der Waals surface area contributed by atoms with Crippen molar-refractivity contribution in [1.82, 2.24) is 15.2 Å². The van der Waals surface area contributed by atoms with E-state index in [1.54, 1.807) is 0 Å². The molecule has 68 valence electrons. The molecule has 0 fully saturated rings. The van der Waals surface area contributed by atoms with Crippen molar-refractivity contribution in [3.05, 3.63) is 11.6 Å². The van der Waals surface area contributed by atoms with Gasteiger partial charge in [-0.15, -0.1) is 0 Å². The summed E-state index contributed by atoms with van der Waals surface area (Å²) < 4.78 is 0.